The summed E-state index contributed by atoms with van der Waals surface area (Å²) in [6.07, 6.45) is 0.891. The second-order valence-electron chi connectivity index (χ2n) is 5.15. The lowest BCUT2D eigenvalue weighted by atomic mass is 10.1. The number of aryl methyl sites for hydroxylation is 2. The quantitative estimate of drug-likeness (QED) is 0.637. The first-order valence-corrected chi connectivity index (χ1v) is 7.69. The highest BCUT2D eigenvalue weighted by Crippen LogP contribution is 2.25. The molecule has 1 rings (SSSR count). The van der Waals surface area contributed by atoms with Crippen molar-refractivity contribution in [2.75, 3.05) is 40.1 Å². The molecule has 0 heterocycles. The van der Waals surface area contributed by atoms with Crippen LogP contribution < -0.4 is 10.1 Å². The third-order valence-corrected chi connectivity index (χ3v) is 3.21. The average molecular weight is 295 g/mol. The second kappa shape index (κ2) is 10.6. The molecule has 0 saturated carbocycles. The molecular weight excluding hydrogens is 266 g/mol. The van der Waals surface area contributed by atoms with Crippen LogP contribution in [0.5, 0.6) is 5.75 Å². The molecule has 1 aromatic carbocycles. The summed E-state index contributed by atoms with van der Waals surface area (Å²) in [5.41, 5.74) is 3.70. The fraction of sp³-hybridized carbons (Fsp3) is 0.647. The number of rotatable bonds is 11. The molecule has 0 atom stereocenters. The van der Waals surface area contributed by atoms with E-state index in [-0.39, 0.29) is 0 Å². The number of hydrogen-bond donors (Lipinski definition) is 1. The molecule has 0 radical (unpaired) electrons. The van der Waals surface area contributed by atoms with Gasteiger partial charge in [-0.15, -0.1) is 0 Å². The summed E-state index contributed by atoms with van der Waals surface area (Å²) in [6.45, 7) is 10.9. The zero-order valence-electron chi connectivity index (χ0n) is 13.8. The minimum absolute atomic E-state index is 0.645. The summed E-state index contributed by atoms with van der Waals surface area (Å²) in [7, 11) is 1.68. The fourth-order valence-corrected chi connectivity index (χ4v) is 2.22. The normalized spacial score (nSPS) is 10.9. The summed E-state index contributed by atoms with van der Waals surface area (Å²) >= 11 is 0. The van der Waals surface area contributed by atoms with Gasteiger partial charge in [-0.3, -0.25) is 0 Å². The van der Waals surface area contributed by atoms with Gasteiger partial charge in [0.05, 0.1) is 19.8 Å². The van der Waals surface area contributed by atoms with Gasteiger partial charge < -0.3 is 19.5 Å². The Morgan fingerprint density at radius 3 is 2.33 bits per heavy atom. The van der Waals surface area contributed by atoms with Crippen molar-refractivity contribution >= 4 is 0 Å². The van der Waals surface area contributed by atoms with E-state index in [9.17, 15) is 0 Å². The molecule has 0 bridgehead atoms. The van der Waals surface area contributed by atoms with E-state index >= 15 is 0 Å². The van der Waals surface area contributed by atoms with E-state index in [1.54, 1.807) is 7.11 Å². The molecule has 120 valence electrons. The van der Waals surface area contributed by atoms with Crippen LogP contribution in [0.3, 0.4) is 0 Å². The second-order valence-corrected chi connectivity index (χ2v) is 5.15. The van der Waals surface area contributed by atoms with Crippen molar-refractivity contribution in [2.45, 2.75) is 33.7 Å². The van der Waals surface area contributed by atoms with Gasteiger partial charge in [-0.1, -0.05) is 19.1 Å². The van der Waals surface area contributed by atoms with Gasteiger partial charge in [0.2, 0.25) is 0 Å². The van der Waals surface area contributed by atoms with Gasteiger partial charge >= 0.3 is 0 Å². The average Bonchev–Trinajstić information content (AvgIpc) is 2.46. The Balaban J connectivity index is 2.37. The molecule has 1 aromatic rings. The van der Waals surface area contributed by atoms with Crippen LogP contribution in [0.1, 0.15) is 30.0 Å². The highest BCUT2D eigenvalue weighted by molar-refractivity contribution is 5.43. The molecule has 0 unspecified atom stereocenters. The first kappa shape index (κ1) is 18.0. The molecule has 21 heavy (non-hydrogen) atoms. The van der Waals surface area contributed by atoms with Crippen molar-refractivity contribution in [1.29, 1.82) is 0 Å². The zero-order chi connectivity index (χ0) is 15.5. The zero-order valence-corrected chi connectivity index (χ0v) is 13.8. The van der Waals surface area contributed by atoms with Crippen LogP contribution in [-0.2, 0) is 16.0 Å². The molecule has 0 aliphatic heterocycles. The van der Waals surface area contributed by atoms with Gasteiger partial charge in [0, 0.05) is 26.7 Å². The maximum atomic E-state index is 5.90. The van der Waals surface area contributed by atoms with E-state index < -0.39 is 0 Å². The topological polar surface area (TPSA) is 39.7 Å². The number of hydrogen-bond acceptors (Lipinski definition) is 4. The summed E-state index contributed by atoms with van der Waals surface area (Å²) in [4.78, 5) is 0. The van der Waals surface area contributed by atoms with Crippen molar-refractivity contribution in [1.82, 2.24) is 5.32 Å². The Morgan fingerprint density at radius 1 is 1.00 bits per heavy atom. The van der Waals surface area contributed by atoms with Gasteiger partial charge in [-0.25, -0.2) is 0 Å². The number of nitrogens with one attached hydrogen (secondary N) is 1. The lowest BCUT2D eigenvalue weighted by Gasteiger charge is -2.14. The molecule has 0 amide bonds. The molecule has 1 N–H and O–H groups in total. The van der Waals surface area contributed by atoms with Gasteiger partial charge in [0.1, 0.15) is 5.75 Å². The van der Waals surface area contributed by atoms with E-state index in [4.69, 9.17) is 14.2 Å². The van der Waals surface area contributed by atoms with Crippen molar-refractivity contribution in [3.05, 3.63) is 28.8 Å². The van der Waals surface area contributed by atoms with Crippen LogP contribution in [0.2, 0.25) is 0 Å². The predicted molar refractivity (Wildman–Crippen MR) is 86.1 cm³/mol. The van der Waals surface area contributed by atoms with Crippen LogP contribution in [0.4, 0.5) is 0 Å². The maximum Gasteiger partial charge on any atom is 0.125 e. The molecule has 0 aromatic heterocycles. The van der Waals surface area contributed by atoms with E-state index in [0.717, 1.165) is 25.3 Å². The number of ether oxygens (including phenoxy) is 3. The van der Waals surface area contributed by atoms with E-state index in [0.29, 0.717) is 26.4 Å². The van der Waals surface area contributed by atoms with Gasteiger partial charge in [-0.05, 0) is 37.1 Å². The third-order valence-electron chi connectivity index (χ3n) is 3.21. The highest BCUT2D eigenvalue weighted by atomic mass is 16.5. The SMILES string of the molecule is CCNCc1cc(C)c(OCCCOCCOC)c(C)c1. The monoisotopic (exact) mass is 295 g/mol. The lowest BCUT2D eigenvalue weighted by molar-refractivity contribution is 0.0643. The number of benzene rings is 1. The van der Waals surface area contributed by atoms with Crippen molar-refractivity contribution in [2.24, 2.45) is 0 Å². The minimum atomic E-state index is 0.645. The lowest BCUT2D eigenvalue weighted by Crippen LogP contribution is -2.12. The Kier molecular flexibility index (Phi) is 9.06. The van der Waals surface area contributed by atoms with Gasteiger partial charge in [-0.2, -0.15) is 0 Å². The Bertz CT molecular complexity index is 384. The predicted octanol–water partition coefficient (Wildman–Crippen LogP) is 2.84. The van der Waals surface area contributed by atoms with Crippen molar-refractivity contribution in [3.63, 3.8) is 0 Å². The third kappa shape index (κ3) is 6.93. The standard InChI is InChI=1S/C17H29NO3/c1-5-18-13-16-11-14(2)17(15(3)12-16)21-8-6-7-20-10-9-19-4/h11-12,18H,5-10,13H2,1-4H3. The van der Waals surface area contributed by atoms with Crippen molar-refractivity contribution < 1.29 is 14.2 Å². The number of methoxy groups -OCH3 is 1. The summed E-state index contributed by atoms with van der Waals surface area (Å²) in [6, 6.07) is 4.39. The highest BCUT2D eigenvalue weighted by Gasteiger charge is 2.06. The molecule has 0 fully saturated rings. The largest absolute Gasteiger partial charge is 0.493 e. The summed E-state index contributed by atoms with van der Waals surface area (Å²) < 4.78 is 16.3. The van der Waals surface area contributed by atoms with Crippen molar-refractivity contribution in [3.8, 4) is 5.75 Å². The molecule has 0 saturated heterocycles. The summed E-state index contributed by atoms with van der Waals surface area (Å²) in [5, 5.41) is 3.35. The maximum absolute atomic E-state index is 5.90. The van der Waals surface area contributed by atoms with Crippen LogP contribution in [0.25, 0.3) is 0 Å². The Labute approximate surface area is 128 Å². The fourth-order valence-electron chi connectivity index (χ4n) is 2.22. The van der Waals surface area contributed by atoms with Crippen LogP contribution in [0, 0.1) is 13.8 Å². The van der Waals surface area contributed by atoms with E-state index in [1.165, 1.54) is 16.7 Å². The minimum Gasteiger partial charge on any atom is -0.493 e. The summed E-state index contributed by atoms with van der Waals surface area (Å²) in [5.74, 6) is 1.01. The molecule has 0 aliphatic rings. The van der Waals surface area contributed by atoms with Crippen LogP contribution in [-0.4, -0.2) is 40.1 Å². The van der Waals surface area contributed by atoms with Gasteiger partial charge in [0.15, 0.2) is 0 Å². The van der Waals surface area contributed by atoms with E-state index in [1.807, 2.05) is 0 Å². The molecule has 4 heteroatoms. The smallest absolute Gasteiger partial charge is 0.125 e. The Hall–Kier alpha value is -1.10. The molecule has 4 nitrogen and oxygen atoms in total. The molecule has 0 aliphatic carbocycles. The first-order chi connectivity index (χ1) is 10.2. The van der Waals surface area contributed by atoms with Crippen LogP contribution in [0.15, 0.2) is 12.1 Å². The molecule has 0 spiro atoms. The molecular formula is C17H29NO3. The van der Waals surface area contributed by atoms with E-state index in [2.05, 4.69) is 38.2 Å². The Morgan fingerprint density at radius 2 is 1.71 bits per heavy atom. The van der Waals surface area contributed by atoms with Crippen LogP contribution >= 0.6 is 0 Å². The van der Waals surface area contributed by atoms with Gasteiger partial charge in [0.25, 0.3) is 0 Å². The first-order valence-electron chi connectivity index (χ1n) is 7.69.